The summed E-state index contributed by atoms with van der Waals surface area (Å²) in [5.41, 5.74) is 0. The summed E-state index contributed by atoms with van der Waals surface area (Å²) in [5, 5.41) is 0. The van der Waals surface area contributed by atoms with Gasteiger partial charge in [-0.25, -0.2) is 0 Å². The van der Waals surface area contributed by atoms with Gasteiger partial charge in [0.15, 0.2) is 5.79 Å². The van der Waals surface area contributed by atoms with E-state index in [2.05, 4.69) is 20.8 Å². The molecule has 0 rings (SSSR count). The van der Waals surface area contributed by atoms with Crippen molar-refractivity contribution in [2.24, 2.45) is 0 Å². The van der Waals surface area contributed by atoms with Gasteiger partial charge < -0.3 is 9.47 Å². The smallest absolute Gasteiger partial charge is 0.165 e. The zero-order valence-corrected chi connectivity index (χ0v) is 12.4. The van der Waals surface area contributed by atoms with Crippen molar-refractivity contribution in [2.75, 3.05) is 13.7 Å². The fraction of sp³-hybridized carbons (Fsp3) is 1.00. The summed E-state index contributed by atoms with van der Waals surface area (Å²) in [5.74, 6) is -0.362. The Kier molecular flexibility index (Phi) is 11.0. The van der Waals surface area contributed by atoms with E-state index in [0.29, 0.717) is 0 Å². The van der Waals surface area contributed by atoms with Gasteiger partial charge in [-0.15, -0.1) is 0 Å². The van der Waals surface area contributed by atoms with Gasteiger partial charge in [0, 0.05) is 20.1 Å². The molecule has 0 aromatic carbocycles. The molecule has 0 aliphatic rings. The van der Waals surface area contributed by atoms with Crippen LogP contribution in [0.3, 0.4) is 0 Å². The van der Waals surface area contributed by atoms with E-state index in [9.17, 15) is 0 Å². The summed E-state index contributed by atoms with van der Waals surface area (Å²) >= 11 is 0. The number of ether oxygens (including phenoxy) is 2. The maximum atomic E-state index is 5.75. The SMILES string of the molecule is CCCCCCCCCC(C)(OC)OCCC. The average molecular weight is 244 g/mol. The summed E-state index contributed by atoms with van der Waals surface area (Å²) in [6.07, 6.45) is 11.4. The predicted molar refractivity (Wildman–Crippen MR) is 74.3 cm³/mol. The molecule has 0 radical (unpaired) electrons. The third-order valence-electron chi connectivity index (χ3n) is 3.28. The van der Waals surface area contributed by atoms with Crippen molar-refractivity contribution in [1.29, 1.82) is 0 Å². The maximum Gasteiger partial charge on any atom is 0.165 e. The van der Waals surface area contributed by atoms with Crippen molar-refractivity contribution in [3.63, 3.8) is 0 Å². The number of rotatable bonds is 12. The minimum absolute atomic E-state index is 0.362. The molecule has 0 aromatic heterocycles. The first-order valence-electron chi connectivity index (χ1n) is 7.37. The predicted octanol–water partition coefficient (Wildman–Crippen LogP) is 4.92. The van der Waals surface area contributed by atoms with Crippen LogP contribution in [0.2, 0.25) is 0 Å². The zero-order valence-electron chi connectivity index (χ0n) is 12.4. The van der Waals surface area contributed by atoms with Crippen molar-refractivity contribution >= 4 is 0 Å². The molecule has 2 heteroatoms. The largest absolute Gasteiger partial charge is 0.353 e. The summed E-state index contributed by atoms with van der Waals surface area (Å²) in [4.78, 5) is 0. The van der Waals surface area contributed by atoms with Crippen molar-refractivity contribution < 1.29 is 9.47 Å². The van der Waals surface area contributed by atoms with Crippen LogP contribution in [0.25, 0.3) is 0 Å². The summed E-state index contributed by atoms with van der Waals surface area (Å²) < 4.78 is 11.2. The van der Waals surface area contributed by atoms with Crippen LogP contribution in [-0.4, -0.2) is 19.5 Å². The first kappa shape index (κ1) is 16.9. The molecule has 0 heterocycles. The minimum Gasteiger partial charge on any atom is -0.353 e. The standard InChI is InChI=1S/C15H32O2/c1-5-7-8-9-10-11-12-13-15(3,16-4)17-14-6-2/h5-14H2,1-4H3. The van der Waals surface area contributed by atoms with Crippen LogP contribution >= 0.6 is 0 Å². The van der Waals surface area contributed by atoms with Gasteiger partial charge in [0.1, 0.15) is 0 Å². The molecule has 0 saturated carbocycles. The monoisotopic (exact) mass is 244 g/mol. The van der Waals surface area contributed by atoms with Crippen LogP contribution in [-0.2, 0) is 9.47 Å². The Morgan fingerprint density at radius 2 is 1.41 bits per heavy atom. The van der Waals surface area contributed by atoms with E-state index in [1.807, 2.05) is 0 Å². The molecule has 104 valence electrons. The van der Waals surface area contributed by atoms with Crippen molar-refractivity contribution in [3.8, 4) is 0 Å². The fourth-order valence-electron chi connectivity index (χ4n) is 1.95. The van der Waals surface area contributed by atoms with E-state index < -0.39 is 0 Å². The number of methoxy groups -OCH3 is 1. The molecule has 0 N–H and O–H groups in total. The molecule has 2 nitrogen and oxygen atoms in total. The van der Waals surface area contributed by atoms with Crippen LogP contribution in [0, 0.1) is 0 Å². The lowest BCUT2D eigenvalue weighted by Crippen LogP contribution is -2.31. The van der Waals surface area contributed by atoms with Gasteiger partial charge in [-0.2, -0.15) is 0 Å². The lowest BCUT2D eigenvalue weighted by Gasteiger charge is -2.28. The second-order valence-corrected chi connectivity index (χ2v) is 5.06. The van der Waals surface area contributed by atoms with Crippen LogP contribution < -0.4 is 0 Å². The van der Waals surface area contributed by atoms with Crippen molar-refractivity contribution in [2.45, 2.75) is 84.3 Å². The summed E-state index contributed by atoms with van der Waals surface area (Å²) in [6, 6.07) is 0. The first-order valence-corrected chi connectivity index (χ1v) is 7.37. The van der Waals surface area contributed by atoms with E-state index in [1.165, 1.54) is 44.9 Å². The van der Waals surface area contributed by atoms with Gasteiger partial charge in [-0.3, -0.25) is 0 Å². The zero-order chi connectivity index (χ0) is 13.0. The highest BCUT2D eigenvalue weighted by molar-refractivity contribution is 4.62. The Hall–Kier alpha value is -0.0800. The van der Waals surface area contributed by atoms with Gasteiger partial charge in [0.25, 0.3) is 0 Å². The normalized spacial score (nSPS) is 14.8. The van der Waals surface area contributed by atoms with Gasteiger partial charge in [0.2, 0.25) is 0 Å². The number of unbranched alkanes of at least 4 members (excludes halogenated alkanes) is 6. The summed E-state index contributed by atoms with van der Waals surface area (Å²) in [6.45, 7) is 7.24. The molecule has 1 unspecified atom stereocenters. The summed E-state index contributed by atoms with van der Waals surface area (Å²) in [7, 11) is 1.75. The Morgan fingerprint density at radius 1 is 0.824 bits per heavy atom. The highest BCUT2D eigenvalue weighted by Crippen LogP contribution is 2.21. The highest BCUT2D eigenvalue weighted by atomic mass is 16.7. The quantitative estimate of drug-likeness (QED) is 0.358. The van der Waals surface area contributed by atoms with E-state index >= 15 is 0 Å². The topological polar surface area (TPSA) is 18.5 Å². The Balaban J connectivity index is 3.48. The molecule has 0 bridgehead atoms. The van der Waals surface area contributed by atoms with E-state index in [-0.39, 0.29) is 5.79 Å². The van der Waals surface area contributed by atoms with Crippen molar-refractivity contribution in [1.82, 2.24) is 0 Å². The molecule has 17 heavy (non-hydrogen) atoms. The lowest BCUT2D eigenvalue weighted by molar-refractivity contribution is -0.214. The molecule has 0 saturated heterocycles. The minimum atomic E-state index is -0.362. The second-order valence-electron chi connectivity index (χ2n) is 5.06. The molecule has 0 aliphatic carbocycles. The van der Waals surface area contributed by atoms with Crippen LogP contribution in [0.1, 0.15) is 78.6 Å². The third kappa shape index (κ3) is 9.61. The second kappa shape index (κ2) is 11.0. The molecule has 0 amide bonds. The van der Waals surface area contributed by atoms with Gasteiger partial charge in [-0.05, 0) is 19.8 Å². The number of hydrogen-bond acceptors (Lipinski definition) is 2. The van der Waals surface area contributed by atoms with E-state index in [0.717, 1.165) is 19.4 Å². The molecule has 0 aliphatic heterocycles. The highest BCUT2D eigenvalue weighted by Gasteiger charge is 2.22. The van der Waals surface area contributed by atoms with Crippen LogP contribution in [0.5, 0.6) is 0 Å². The van der Waals surface area contributed by atoms with Gasteiger partial charge in [0.05, 0.1) is 0 Å². The average Bonchev–Trinajstić information content (AvgIpc) is 2.35. The Morgan fingerprint density at radius 3 is 1.94 bits per heavy atom. The molecule has 1 atom stereocenters. The van der Waals surface area contributed by atoms with Crippen LogP contribution in [0.15, 0.2) is 0 Å². The van der Waals surface area contributed by atoms with Gasteiger partial charge in [-0.1, -0.05) is 52.4 Å². The Bertz CT molecular complexity index is 159. The first-order chi connectivity index (χ1) is 8.18. The molecule has 0 aromatic rings. The van der Waals surface area contributed by atoms with Crippen molar-refractivity contribution in [3.05, 3.63) is 0 Å². The molecule has 0 fully saturated rings. The number of hydrogen-bond donors (Lipinski definition) is 0. The maximum absolute atomic E-state index is 5.75. The third-order valence-corrected chi connectivity index (χ3v) is 3.28. The van der Waals surface area contributed by atoms with Gasteiger partial charge >= 0.3 is 0 Å². The van der Waals surface area contributed by atoms with E-state index in [1.54, 1.807) is 7.11 Å². The molecular weight excluding hydrogens is 212 g/mol. The Labute approximate surface area is 108 Å². The molecule has 0 spiro atoms. The van der Waals surface area contributed by atoms with E-state index in [4.69, 9.17) is 9.47 Å². The molecular formula is C15H32O2. The van der Waals surface area contributed by atoms with Crippen LogP contribution in [0.4, 0.5) is 0 Å². The lowest BCUT2D eigenvalue weighted by atomic mass is 10.1. The fourth-order valence-corrected chi connectivity index (χ4v) is 1.95.